The third-order valence-corrected chi connectivity index (χ3v) is 5.30. The van der Waals surface area contributed by atoms with Crippen LogP contribution in [0.4, 0.5) is 0 Å². The lowest BCUT2D eigenvalue weighted by atomic mass is 10.1. The molecule has 2 aliphatic heterocycles. The largest absolute Gasteiger partial charge is 0.310 e. The van der Waals surface area contributed by atoms with Gasteiger partial charge in [-0.1, -0.05) is 17.7 Å². The Balaban J connectivity index is 1.43. The molecule has 1 aromatic rings. The highest BCUT2D eigenvalue weighted by Gasteiger charge is 2.28. The molecule has 2 aliphatic rings. The monoisotopic (exact) mass is 276 g/mol. The van der Waals surface area contributed by atoms with Crippen molar-refractivity contribution >= 4 is 11.8 Å². The molecular weight excluding hydrogens is 252 g/mol. The van der Waals surface area contributed by atoms with Gasteiger partial charge in [0.25, 0.3) is 0 Å². The van der Waals surface area contributed by atoms with Gasteiger partial charge in [-0.05, 0) is 44.9 Å². The summed E-state index contributed by atoms with van der Waals surface area (Å²) in [4.78, 5) is 4.05. The van der Waals surface area contributed by atoms with Crippen LogP contribution in [-0.4, -0.2) is 42.4 Å². The minimum absolute atomic E-state index is 0.761. The highest BCUT2D eigenvalue weighted by molar-refractivity contribution is 7.99. The molecule has 2 nitrogen and oxygen atoms in total. The van der Waals surface area contributed by atoms with E-state index in [2.05, 4.69) is 41.4 Å². The zero-order valence-corrected chi connectivity index (χ0v) is 12.6. The van der Waals surface area contributed by atoms with Crippen LogP contribution in [0.5, 0.6) is 0 Å². The fraction of sp³-hybridized carbons (Fsp3) is 0.625. The van der Waals surface area contributed by atoms with Crippen LogP contribution in [0.25, 0.3) is 0 Å². The number of nitrogens with one attached hydrogen (secondary N) is 1. The fourth-order valence-electron chi connectivity index (χ4n) is 3.15. The number of benzene rings is 1. The molecule has 0 spiro atoms. The van der Waals surface area contributed by atoms with E-state index in [1.54, 1.807) is 0 Å². The molecule has 2 unspecified atom stereocenters. The first-order valence-corrected chi connectivity index (χ1v) is 8.46. The Morgan fingerprint density at radius 2 is 1.95 bits per heavy atom. The van der Waals surface area contributed by atoms with E-state index in [4.69, 9.17) is 0 Å². The summed E-state index contributed by atoms with van der Waals surface area (Å²) in [6.45, 7) is 5.91. The Labute approximate surface area is 121 Å². The fourth-order valence-corrected chi connectivity index (χ4v) is 4.06. The van der Waals surface area contributed by atoms with Crippen molar-refractivity contribution < 1.29 is 0 Å². The summed E-state index contributed by atoms with van der Waals surface area (Å²) in [5.41, 5.74) is 1.35. The zero-order chi connectivity index (χ0) is 13.1. The van der Waals surface area contributed by atoms with Crippen LogP contribution in [0.3, 0.4) is 0 Å². The lowest BCUT2D eigenvalue weighted by Gasteiger charge is -2.23. The summed E-state index contributed by atoms with van der Waals surface area (Å²) >= 11 is 1.99. The lowest BCUT2D eigenvalue weighted by molar-refractivity contribution is 0.274. The molecule has 0 saturated carbocycles. The number of thioether (sulfide) groups is 1. The van der Waals surface area contributed by atoms with Crippen LogP contribution in [-0.2, 0) is 0 Å². The van der Waals surface area contributed by atoms with E-state index >= 15 is 0 Å². The molecule has 1 N–H and O–H groups in total. The van der Waals surface area contributed by atoms with Gasteiger partial charge in [0.05, 0.1) is 0 Å². The van der Waals surface area contributed by atoms with Crippen molar-refractivity contribution in [1.29, 1.82) is 0 Å². The Hall–Kier alpha value is -0.510. The topological polar surface area (TPSA) is 15.3 Å². The predicted octanol–water partition coefficient (Wildman–Crippen LogP) is 2.91. The number of aryl methyl sites for hydroxylation is 1. The average Bonchev–Trinajstić information content (AvgIpc) is 2.74. The zero-order valence-electron chi connectivity index (χ0n) is 11.8. The number of hydrogen-bond donors (Lipinski definition) is 1. The maximum Gasteiger partial charge on any atom is 0.0198 e. The minimum atomic E-state index is 0.761. The van der Waals surface area contributed by atoms with Gasteiger partial charge >= 0.3 is 0 Å². The van der Waals surface area contributed by atoms with Crippen molar-refractivity contribution in [2.45, 2.75) is 43.2 Å². The molecule has 1 aromatic carbocycles. The van der Waals surface area contributed by atoms with Gasteiger partial charge in [-0.3, -0.25) is 0 Å². The second-order valence-electron chi connectivity index (χ2n) is 5.89. The van der Waals surface area contributed by atoms with E-state index in [9.17, 15) is 0 Å². The molecule has 3 rings (SSSR count). The van der Waals surface area contributed by atoms with Crippen LogP contribution >= 0.6 is 11.8 Å². The number of likely N-dealkylation sites (tertiary alicyclic amines) is 1. The number of hydrogen-bond acceptors (Lipinski definition) is 3. The van der Waals surface area contributed by atoms with Gasteiger partial charge in [-0.25, -0.2) is 0 Å². The molecule has 2 bridgehead atoms. The van der Waals surface area contributed by atoms with E-state index in [1.807, 2.05) is 11.8 Å². The van der Waals surface area contributed by atoms with Crippen molar-refractivity contribution in [2.75, 3.05) is 25.4 Å². The van der Waals surface area contributed by atoms with E-state index in [0.717, 1.165) is 12.1 Å². The molecule has 3 heteroatoms. The van der Waals surface area contributed by atoms with Gasteiger partial charge in [-0.15, -0.1) is 11.8 Å². The molecule has 2 atom stereocenters. The number of nitrogens with zero attached hydrogens (tertiary/aromatic N) is 1. The van der Waals surface area contributed by atoms with E-state index in [-0.39, 0.29) is 0 Å². The van der Waals surface area contributed by atoms with Crippen LogP contribution in [0.15, 0.2) is 29.2 Å². The Morgan fingerprint density at radius 3 is 2.79 bits per heavy atom. The lowest BCUT2D eigenvalue weighted by Crippen LogP contribution is -2.36. The van der Waals surface area contributed by atoms with E-state index in [1.165, 1.54) is 55.1 Å². The summed E-state index contributed by atoms with van der Waals surface area (Å²) in [6.07, 6.45) is 4.12. The molecule has 2 saturated heterocycles. The summed E-state index contributed by atoms with van der Waals surface area (Å²) in [6, 6.07) is 10.5. The van der Waals surface area contributed by atoms with E-state index in [0.29, 0.717) is 0 Å². The number of rotatable bonds is 4. The highest BCUT2D eigenvalue weighted by atomic mass is 32.2. The second kappa shape index (κ2) is 6.29. The molecule has 0 aromatic heterocycles. The molecule has 2 heterocycles. The van der Waals surface area contributed by atoms with Crippen molar-refractivity contribution in [3.05, 3.63) is 29.8 Å². The molecule has 2 fully saturated rings. The van der Waals surface area contributed by atoms with Crippen LogP contribution < -0.4 is 5.32 Å². The van der Waals surface area contributed by atoms with Gasteiger partial charge in [-0.2, -0.15) is 0 Å². The van der Waals surface area contributed by atoms with E-state index < -0.39 is 0 Å². The van der Waals surface area contributed by atoms with Crippen molar-refractivity contribution in [3.63, 3.8) is 0 Å². The maximum absolute atomic E-state index is 3.75. The Bertz CT molecular complexity index is 404. The molecule has 0 aliphatic carbocycles. The second-order valence-corrected chi connectivity index (χ2v) is 7.06. The van der Waals surface area contributed by atoms with Gasteiger partial charge in [0.15, 0.2) is 0 Å². The highest BCUT2D eigenvalue weighted by Crippen LogP contribution is 2.22. The van der Waals surface area contributed by atoms with Crippen LogP contribution in [0.2, 0.25) is 0 Å². The molecular formula is C16H24N2S. The van der Waals surface area contributed by atoms with Gasteiger partial charge in [0.1, 0.15) is 0 Å². The average molecular weight is 276 g/mol. The van der Waals surface area contributed by atoms with Crippen LogP contribution in [0.1, 0.15) is 24.8 Å². The maximum atomic E-state index is 3.75. The third kappa shape index (κ3) is 3.74. The van der Waals surface area contributed by atoms with Gasteiger partial charge in [0.2, 0.25) is 0 Å². The van der Waals surface area contributed by atoms with Crippen molar-refractivity contribution in [1.82, 2.24) is 10.2 Å². The molecule has 104 valence electrons. The van der Waals surface area contributed by atoms with Crippen molar-refractivity contribution in [3.8, 4) is 0 Å². The Kier molecular flexibility index (Phi) is 4.46. The smallest absolute Gasteiger partial charge is 0.0198 e. The molecule has 0 amide bonds. The quantitative estimate of drug-likeness (QED) is 0.851. The SMILES string of the molecule is Cc1ccc(SCCN2CCC3CCC(C2)N3)cc1. The first-order chi connectivity index (χ1) is 9.29. The Morgan fingerprint density at radius 1 is 1.16 bits per heavy atom. The first kappa shape index (κ1) is 13.5. The standard InChI is InChI=1S/C16H24N2S/c1-13-2-6-16(7-3-13)19-11-10-18-9-8-14-4-5-15(12-18)17-14/h2-3,6-7,14-15,17H,4-5,8-12H2,1H3. The first-order valence-electron chi connectivity index (χ1n) is 7.47. The van der Waals surface area contributed by atoms with Gasteiger partial charge in [0, 0.05) is 35.8 Å². The summed E-state index contributed by atoms with van der Waals surface area (Å²) in [5, 5.41) is 3.75. The minimum Gasteiger partial charge on any atom is -0.310 e. The summed E-state index contributed by atoms with van der Waals surface area (Å²) in [7, 11) is 0. The summed E-state index contributed by atoms with van der Waals surface area (Å²) in [5.74, 6) is 1.21. The predicted molar refractivity (Wildman–Crippen MR) is 82.9 cm³/mol. The van der Waals surface area contributed by atoms with Crippen LogP contribution in [0, 0.1) is 6.92 Å². The molecule has 19 heavy (non-hydrogen) atoms. The third-order valence-electron chi connectivity index (χ3n) is 4.30. The normalized spacial score (nSPS) is 27.4. The van der Waals surface area contributed by atoms with Crippen molar-refractivity contribution in [2.24, 2.45) is 0 Å². The van der Waals surface area contributed by atoms with Gasteiger partial charge < -0.3 is 10.2 Å². The summed E-state index contributed by atoms with van der Waals surface area (Å²) < 4.78 is 0. The molecule has 0 radical (unpaired) electrons. The number of fused-ring (bicyclic) bond motifs is 2.